The van der Waals surface area contributed by atoms with Crippen molar-refractivity contribution in [1.82, 2.24) is 9.97 Å². The topological polar surface area (TPSA) is 98.0 Å². The molecule has 0 aliphatic carbocycles. The molecule has 106 valence electrons. The summed E-state index contributed by atoms with van der Waals surface area (Å²) in [7, 11) is -3.40. The number of hydrogen-bond donors (Lipinski definition) is 2. The summed E-state index contributed by atoms with van der Waals surface area (Å²) in [6.07, 6.45) is 1.11. The number of nitrogens with two attached hydrogens (primary N) is 1. The van der Waals surface area contributed by atoms with Crippen LogP contribution in [0, 0.1) is 0 Å². The maximum Gasteiger partial charge on any atom is 0.226 e. The predicted molar refractivity (Wildman–Crippen MR) is 79.3 cm³/mol. The van der Waals surface area contributed by atoms with Gasteiger partial charge in [0.15, 0.2) is 15.7 Å². The summed E-state index contributed by atoms with van der Waals surface area (Å²) in [5.41, 5.74) is 5.90. The Hall–Kier alpha value is -1.57. The summed E-state index contributed by atoms with van der Waals surface area (Å²) in [5, 5.41) is 2.78. The van der Waals surface area contributed by atoms with Gasteiger partial charge in [-0.2, -0.15) is 9.97 Å². The predicted octanol–water partition coefficient (Wildman–Crippen LogP) is 2.51. The van der Waals surface area contributed by atoms with Crippen molar-refractivity contribution < 1.29 is 8.42 Å². The molecule has 1 aromatic carbocycles. The van der Waals surface area contributed by atoms with Crippen molar-refractivity contribution in [3.63, 3.8) is 0 Å². The highest BCUT2D eigenvalue weighted by molar-refractivity contribution is 7.90. The third kappa shape index (κ3) is 3.12. The van der Waals surface area contributed by atoms with E-state index >= 15 is 0 Å². The summed E-state index contributed by atoms with van der Waals surface area (Å²) in [6.45, 7) is 0. The summed E-state index contributed by atoms with van der Waals surface area (Å²) < 4.78 is 23.4. The zero-order valence-corrected chi connectivity index (χ0v) is 12.6. The van der Waals surface area contributed by atoms with Gasteiger partial charge in [-0.05, 0) is 23.7 Å². The second-order valence-electron chi connectivity index (χ2n) is 3.93. The number of nitrogens with one attached hydrogen (secondary N) is 1. The lowest BCUT2D eigenvalue weighted by Crippen LogP contribution is -2.05. The Morgan fingerprint density at radius 3 is 2.50 bits per heavy atom. The van der Waals surface area contributed by atoms with Crippen LogP contribution in [0.4, 0.5) is 17.3 Å². The van der Waals surface area contributed by atoms with Crippen LogP contribution < -0.4 is 11.1 Å². The minimum Gasteiger partial charge on any atom is -0.382 e. The zero-order valence-electron chi connectivity index (χ0n) is 10.3. The summed E-state index contributed by atoms with van der Waals surface area (Å²) in [5.74, 6) is 0.145. The Labute approximate surface area is 125 Å². The van der Waals surface area contributed by atoms with Crippen molar-refractivity contribution in [3.05, 3.63) is 34.6 Å². The van der Waals surface area contributed by atoms with Crippen molar-refractivity contribution in [3.8, 4) is 0 Å². The SMILES string of the molecule is CS(=O)(=O)c1ccccc1Nc1nc(Cl)nc(N)c1Cl. The molecule has 1 aromatic heterocycles. The van der Waals surface area contributed by atoms with Gasteiger partial charge in [0, 0.05) is 6.26 Å². The van der Waals surface area contributed by atoms with E-state index in [0.29, 0.717) is 5.69 Å². The summed E-state index contributed by atoms with van der Waals surface area (Å²) in [4.78, 5) is 7.69. The number of aromatic nitrogens is 2. The van der Waals surface area contributed by atoms with Gasteiger partial charge in [-0.3, -0.25) is 0 Å². The molecule has 20 heavy (non-hydrogen) atoms. The smallest absolute Gasteiger partial charge is 0.226 e. The van der Waals surface area contributed by atoms with Gasteiger partial charge in [0.05, 0.1) is 10.6 Å². The van der Waals surface area contributed by atoms with Crippen molar-refractivity contribution in [1.29, 1.82) is 0 Å². The van der Waals surface area contributed by atoms with E-state index in [4.69, 9.17) is 28.9 Å². The van der Waals surface area contributed by atoms with Gasteiger partial charge in [-0.15, -0.1) is 0 Å². The van der Waals surface area contributed by atoms with Gasteiger partial charge in [0.2, 0.25) is 5.28 Å². The van der Waals surface area contributed by atoms with Gasteiger partial charge in [0.1, 0.15) is 10.8 Å². The molecule has 0 amide bonds. The fourth-order valence-corrected chi connectivity index (χ4v) is 2.69. The van der Waals surface area contributed by atoms with Crippen LogP contribution in [0.1, 0.15) is 0 Å². The van der Waals surface area contributed by atoms with E-state index < -0.39 is 9.84 Å². The van der Waals surface area contributed by atoms with Crippen molar-refractivity contribution in [2.75, 3.05) is 17.3 Å². The maximum atomic E-state index is 11.7. The van der Waals surface area contributed by atoms with Gasteiger partial charge < -0.3 is 11.1 Å². The van der Waals surface area contributed by atoms with Crippen LogP contribution in [-0.4, -0.2) is 24.6 Å². The average molecular weight is 333 g/mol. The minimum absolute atomic E-state index is 0.00556. The van der Waals surface area contributed by atoms with E-state index in [2.05, 4.69) is 15.3 Å². The van der Waals surface area contributed by atoms with Gasteiger partial charge >= 0.3 is 0 Å². The van der Waals surface area contributed by atoms with Gasteiger partial charge in [-0.1, -0.05) is 23.7 Å². The molecule has 2 rings (SSSR count). The van der Waals surface area contributed by atoms with Crippen LogP contribution in [-0.2, 0) is 9.84 Å². The maximum absolute atomic E-state index is 11.7. The number of para-hydroxylation sites is 1. The third-order valence-electron chi connectivity index (χ3n) is 2.39. The fourth-order valence-electron chi connectivity index (χ4n) is 1.54. The lowest BCUT2D eigenvalue weighted by molar-refractivity contribution is 0.602. The first-order chi connectivity index (χ1) is 9.29. The number of nitrogens with zero attached hydrogens (tertiary/aromatic N) is 2. The number of sulfone groups is 1. The molecule has 9 heteroatoms. The van der Waals surface area contributed by atoms with E-state index in [0.717, 1.165) is 6.26 Å². The molecular weight excluding hydrogens is 323 g/mol. The minimum atomic E-state index is -3.40. The number of halogens is 2. The Morgan fingerprint density at radius 1 is 1.20 bits per heavy atom. The largest absolute Gasteiger partial charge is 0.382 e. The molecule has 0 unspecified atom stereocenters. The van der Waals surface area contributed by atoms with Crippen molar-refractivity contribution in [2.45, 2.75) is 4.90 Å². The molecule has 3 N–H and O–H groups in total. The lowest BCUT2D eigenvalue weighted by Gasteiger charge is -2.12. The van der Waals surface area contributed by atoms with Gasteiger partial charge in [-0.25, -0.2) is 8.42 Å². The zero-order chi connectivity index (χ0) is 14.9. The normalized spacial score (nSPS) is 11.3. The first-order valence-corrected chi connectivity index (χ1v) is 7.98. The first kappa shape index (κ1) is 14.8. The quantitative estimate of drug-likeness (QED) is 0.838. The Morgan fingerprint density at radius 2 is 1.85 bits per heavy atom. The molecule has 0 saturated carbocycles. The van der Waals surface area contributed by atoms with E-state index in [1.807, 2.05) is 0 Å². The summed E-state index contributed by atoms with van der Waals surface area (Å²) in [6, 6.07) is 6.35. The lowest BCUT2D eigenvalue weighted by atomic mass is 10.3. The van der Waals surface area contributed by atoms with Crippen molar-refractivity contribution in [2.24, 2.45) is 0 Å². The molecule has 0 spiro atoms. The van der Waals surface area contributed by atoms with Crippen LogP contribution in [0.25, 0.3) is 0 Å². The van der Waals surface area contributed by atoms with Crippen LogP contribution in [0.2, 0.25) is 10.3 Å². The van der Waals surface area contributed by atoms with Crippen LogP contribution in [0.5, 0.6) is 0 Å². The van der Waals surface area contributed by atoms with Crippen LogP contribution in [0.3, 0.4) is 0 Å². The van der Waals surface area contributed by atoms with E-state index in [9.17, 15) is 8.42 Å². The second-order valence-corrected chi connectivity index (χ2v) is 6.63. The molecule has 6 nitrogen and oxygen atoms in total. The first-order valence-electron chi connectivity index (χ1n) is 5.33. The molecular formula is C11H10Cl2N4O2S. The molecule has 0 aliphatic rings. The molecule has 0 saturated heterocycles. The molecule has 2 aromatic rings. The Bertz CT molecular complexity index is 765. The molecule has 1 heterocycles. The fraction of sp³-hybridized carbons (Fsp3) is 0.0909. The highest BCUT2D eigenvalue weighted by atomic mass is 35.5. The number of benzene rings is 1. The number of nitrogen functional groups attached to an aromatic ring is 1. The number of rotatable bonds is 3. The average Bonchev–Trinajstić information content (AvgIpc) is 2.34. The van der Waals surface area contributed by atoms with E-state index in [1.54, 1.807) is 18.2 Å². The monoisotopic (exact) mass is 332 g/mol. The molecule has 0 aliphatic heterocycles. The number of anilines is 3. The summed E-state index contributed by atoms with van der Waals surface area (Å²) >= 11 is 11.7. The standard InChI is InChI=1S/C11H10Cl2N4O2S/c1-20(18,19)7-5-3-2-4-6(7)15-10-8(12)9(14)16-11(13)17-10/h2-5H,1H3,(H3,14,15,16,17). The van der Waals surface area contributed by atoms with Crippen LogP contribution in [0.15, 0.2) is 29.2 Å². The molecule has 0 radical (unpaired) electrons. The molecule has 0 fully saturated rings. The van der Waals surface area contributed by atoms with E-state index in [1.165, 1.54) is 6.07 Å². The van der Waals surface area contributed by atoms with E-state index in [-0.39, 0.29) is 26.8 Å². The highest BCUT2D eigenvalue weighted by Crippen LogP contribution is 2.31. The molecule has 0 atom stereocenters. The number of hydrogen-bond acceptors (Lipinski definition) is 6. The van der Waals surface area contributed by atoms with Crippen LogP contribution >= 0.6 is 23.2 Å². The molecule has 0 bridgehead atoms. The highest BCUT2D eigenvalue weighted by Gasteiger charge is 2.15. The Kier molecular flexibility index (Phi) is 4.03. The second kappa shape index (κ2) is 5.43. The Balaban J connectivity index is 2.52. The van der Waals surface area contributed by atoms with Crippen molar-refractivity contribution >= 4 is 50.4 Å². The third-order valence-corrected chi connectivity index (χ3v) is 4.09. The van der Waals surface area contributed by atoms with Gasteiger partial charge in [0.25, 0.3) is 0 Å².